The molecule has 0 spiro atoms. The molecule has 0 fully saturated rings. The maximum Gasteiger partial charge on any atom is 0.330 e. The Morgan fingerprint density at radius 1 is 0.633 bits per heavy atom. The van der Waals surface area contributed by atoms with Gasteiger partial charge in [0, 0.05) is 5.57 Å². The normalized spacial score (nSPS) is 13.1. The third-order valence-corrected chi connectivity index (χ3v) is 3.09. The van der Waals surface area contributed by atoms with E-state index in [0.29, 0.717) is 25.7 Å². The van der Waals surface area contributed by atoms with E-state index >= 15 is 0 Å². The second kappa shape index (κ2) is 32.6. The molecule has 0 rings (SSSR count). The summed E-state index contributed by atoms with van der Waals surface area (Å²) >= 11 is 0. The Balaban J connectivity index is -0.0000000868. The summed E-state index contributed by atoms with van der Waals surface area (Å²) in [6.07, 6.45) is 0.505. The van der Waals surface area contributed by atoms with Gasteiger partial charge < -0.3 is 46.0 Å². The monoisotopic (exact) mass is 446 g/mol. The Morgan fingerprint density at radius 3 is 0.767 bits per heavy atom. The lowest BCUT2D eigenvalue weighted by molar-refractivity contribution is -0.132. The highest BCUT2D eigenvalue weighted by Crippen LogP contribution is 1.85. The molecule has 186 valence electrons. The molecule has 0 saturated carbocycles. The first-order valence-corrected chi connectivity index (χ1v) is 9.92. The summed E-state index contributed by atoms with van der Waals surface area (Å²) < 4.78 is 0. The average molecular weight is 447 g/mol. The van der Waals surface area contributed by atoms with Crippen LogP contribution in [0.3, 0.4) is 0 Å². The van der Waals surface area contributed by atoms with Gasteiger partial charge in [0.2, 0.25) is 0 Å². The van der Waals surface area contributed by atoms with E-state index in [9.17, 15) is 4.79 Å². The highest BCUT2D eigenvalue weighted by Gasteiger charge is 1.93. The lowest BCUT2D eigenvalue weighted by Gasteiger charge is -1.97. The minimum absolute atomic E-state index is 0.115. The first kappa shape index (κ1) is 39.4. The van der Waals surface area contributed by atoms with Crippen LogP contribution in [0.1, 0.15) is 60.3 Å². The van der Waals surface area contributed by atoms with Gasteiger partial charge >= 0.3 is 5.97 Å². The molecule has 0 aliphatic rings. The van der Waals surface area contributed by atoms with E-state index in [4.69, 9.17) is 46.0 Å². The number of hydrogen-bond acceptors (Lipinski definition) is 9. The van der Waals surface area contributed by atoms with E-state index in [2.05, 4.69) is 6.58 Å². The first-order valence-electron chi connectivity index (χ1n) is 9.92. The molecule has 0 amide bonds. The van der Waals surface area contributed by atoms with Gasteiger partial charge in [-0.25, -0.2) is 4.79 Å². The molecule has 0 saturated heterocycles. The van der Waals surface area contributed by atoms with E-state index in [1.165, 1.54) is 6.92 Å². The van der Waals surface area contributed by atoms with Crippen molar-refractivity contribution < 1.29 is 50.8 Å². The predicted octanol–water partition coefficient (Wildman–Crippen LogP) is -0.354. The van der Waals surface area contributed by atoms with E-state index < -0.39 is 30.4 Å². The molecule has 0 aliphatic carbocycles. The molecule has 0 heterocycles. The molecule has 4 atom stereocenters. The summed E-state index contributed by atoms with van der Waals surface area (Å²) in [6.45, 7) is 11.4. The van der Waals surface area contributed by atoms with Crippen molar-refractivity contribution in [3.63, 3.8) is 0 Å². The molecular formula is C20H46O10. The highest BCUT2D eigenvalue weighted by molar-refractivity contribution is 5.84. The molecule has 4 unspecified atom stereocenters. The zero-order chi connectivity index (χ0) is 25.1. The average Bonchev–Trinajstić information content (AvgIpc) is 2.77. The van der Waals surface area contributed by atoms with Crippen LogP contribution in [0.5, 0.6) is 0 Å². The van der Waals surface area contributed by atoms with Crippen LogP contribution in [0.25, 0.3) is 0 Å². The number of carbonyl (C=O) groups is 1. The molecule has 30 heavy (non-hydrogen) atoms. The van der Waals surface area contributed by atoms with Gasteiger partial charge in [0.05, 0.1) is 50.8 Å². The number of aliphatic hydroxyl groups is 8. The zero-order valence-electron chi connectivity index (χ0n) is 19.1. The summed E-state index contributed by atoms with van der Waals surface area (Å²) in [5, 5.41) is 73.9. The summed E-state index contributed by atoms with van der Waals surface area (Å²) in [7, 11) is 0. The minimum Gasteiger partial charge on any atom is -0.478 e. The van der Waals surface area contributed by atoms with Crippen molar-refractivity contribution in [3.05, 3.63) is 12.2 Å². The molecule has 10 nitrogen and oxygen atoms in total. The van der Waals surface area contributed by atoms with Crippen molar-refractivity contribution in [1.29, 1.82) is 0 Å². The van der Waals surface area contributed by atoms with Gasteiger partial charge in [-0.2, -0.15) is 0 Å². The van der Waals surface area contributed by atoms with Gasteiger partial charge in [-0.15, -0.1) is 0 Å². The van der Waals surface area contributed by atoms with Crippen LogP contribution >= 0.6 is 0 Å². The lowest BCUT2D eigenvalue weighted by Crippen LogP contribution is -2.08. The lowest BCUT2D eigenvalue weighted by atomic mass is 10.3. The molecule has 0 aromatic heterocycles. The summed E-state index contributed by atoms with van der Waals surface area (Å²) in [5.74, 6) is -0.935. The topological polar surface area (TPSA) is 199 Å². The quantitative estimate of drug-likeness (QED) is 0.211. The maximum absolute atomic E-state index is 9.60. The van der Waals surface area contributed by atoms with Gasteiger partial charge in [0.25, 0.3) is 0 Å². The summed E-state index contributed by atoms with van der Waals surface area (Å²) in [5.41, 5.74) is 0.176. The standard InChI is InChI=1S/C4H6O2.4C4H10O2/c1-3(2)4(5)6;4*1-2-4(6)3-5/h1H2,2H3,(H,5,6);4*4-6H,2-3H2,1H3. The number of carboxylic acid groups (broad SMARTS) is 1. The fraction of sp³-hybridized carbons (Fsp3) is 0.850. The predicted molar refractivity (Wildman–Crippen MR) is 116 cm³/mol. The molecule has 0 aromatic rings. The van der Waals surface area contributed by atoms with Crippen molar-refractivity contribution in [2.75, 3.05) is 26.4 Å². The Bertz CT molecular complexity index is 272. The molecular weight excluding hydrogens is 400 g/mol. The summed E-state index contributed by atoms with van der Waals surface area (Å²) in [6, 6.07) is 0. The number of aliphatic hydroxyl groups excluding tert-OH is 8. The van der Waals surface area contributed by atoms with Gasteiger partial charge in [0.15, 0.2) is 0 Å². The molecule has 0 aliphatic heterocycles. The van der Waals surface area contributed by atoms with Gasteiger partial charge in [-0.1, -0.05) is 34.3 Å². The molecule has 0 aromatic carbocycles. The third-order valence-electron chi connectivity index (χ3n) is 3.09. The van der Waals surface area contributed by atoms with Crippen molar-refractivity contribution in [1.82, 2.24) is 0 Å². The van der Waals surface area contributed by atoms with E-state index in [1.807, 2.05) is 27.7 Å². The van der Waals surface area contributed by atoms with Gasteiger partial charge in [-0.05, 0) is 32.6 Å². The fourth-order valence-corrected chi connectivity index (χ4v) is 0.516. The Labute approximate surface area is 180 Å². The van der Waals surface area contributed by atoms with Crippen molar-refractivity contribution in [3.8, 4) is 0 Å². The Hall–Kier alpha value is -1.11. The highest BCUT2D eigenvalue weighted by atomic mass is 16.4. The van der Waals surface area contributed by atoms with Crippen molar-refractivity contribution in [2.45, 2.75) is 84.7 Å². The van der Waals surface area contributed by atoms with Crippen LogP contribution in [-0.4, -0.2) is 103 Å². The van der Waals surface area contributed by atoms with E-state index in [1.54, 1.807) is 0 Å². The SMILES string of the molecule is C=C(C)C(=O)O.CCC(O)CO.CCC(O)CO.CCC(O)CO.CCC(O)CO. The van der Waals surface area contributed by atoms with Crippen LogP contribution < -0.4 is 0 Å². The van der Waals surface area contributed by atoms with Crippen LogP contribution in [0.15, 0.2) is 12.2 Å². The van der Waals surface area contributed by atoms with E-state index in [-0.39, 0.29) is 32.0 Å². The van der Waals surface area contributed by atoms with Crippen LogP contribution in [-0.2, 0) is 4.79 Å². The zero-order valence-corrected chi connectivity index (χ0v) is 19.1. The second-order valence-electron chi connectivity index (χ2n) is 6.06. The maximum atomic E-state index is 9.60. The molecule has 0 bridgehead atoms. The number of hydrogen-bond donors (Lipinski definition) is 9. The van der Waals surface area contributed by atoms with Crippen LogP contribution in [0.2, 0.25) is 0 Å². The molecule has 0 radical (unpaired) electrons. The van der Waals surface area contributed by atoms with Gasteiger partial charge in [-0.3, -0.25) is 0 Å². The fourth-order valence-electron chi connectivity index (χ4n) is 0.516. The molecule has 10 heteroatoms. The van der Waals surface area contributed by atoms with Crippen molar-refractivity contribution >= 4 is 5.97 Å². The largest absolute Gasteiger partial charge is 0.478 e. The number of carboxylic acids is 1. The number of rotatable bonds is 9. The first-order chi connectivity index (χ1) is 13.9. The van der Waals surface area contributed by atoms with Crippen LogP contribution in [0.4, 0.5) is 0 Å². The Kier molecular flexibility index (Phi) is 42.7. The number of aliphatic carboxylic acids is 1. The van der Waals surface area contributed by atoms with Crippen LogP contribution in [0, 0.1) is 0 Å². The summed E-state index contributed by atoms with van der Waals surface area (Å²) in [4.78, 5) is 9.60. The third kappa shape index (κ3) is 50.5. The second-order valence-corrected chi connectivity index (χ2v) is 6.06. The molecule has 9 N–H and O–H groups in total. The van der Waals surface area contributed by atoms with E-state index in [0.717, 1.165) is 0 Å². The Morgan fingerprint density at radius 2 is 0.767 bits per heavy atom. The smallest absolute Gasteiger partial charge is 0.330 e. The van der Waals surface area contributed by atoms with Crippen molar-refractivity contribution in [2.24, 2.45) is 0 Å². The minimum atomic E-state index is -0.935. The van der Waals surface area contributed by atoms with Gasteiger partial charge in [0.1, 0.15) is 0 Å².